The normalized spacial score (nSPS) is 23.5. The molecule has 0 amide bonds. The number of aliphatic hydroxyl groups is 1. The molecule has 1 saturated heterocycles. The Morgan fingerprint density at radius 3 is 2.79 bits per heavy atom. The number of nitrogens with zero attached hydrogens (tertiary/aromatic N) is 1. The molecule has 1 aromatic heterocycles. The molecule has 2 atom stereocenters. The topological polar surface area (TPSA) is 67.3 Å². The molecule has 0 saturated carbocycles. The second-order valence-electron chi connectivity index (χ2n) is 5.03. The molecule has 0 aliphatic carbocycles. The second-order valence-corrected chi connectivity index (χ2v) is 7.26. The van der Waals surface area contributed by atoms with E-state index in [0.29, 0.717) is 6.42 Å². The minimum atomic E-state index is -2.98. The van der Waals surface area contributed by atoms with Crippen molar-refractivity contribution in [3.05, 3.63) is 42.1 Å². The molecule has 19 heavy (non-hydrogen) atoms. The first-order valence-corrected chi connectivity index (χ1v) is 8.11. The Balaban J connectivity index is 2.00. The van der Waals surface area contributed by atoms with E-state index in [9.17, 15) is 13.5 Å². The lowest BCUT2D eigenvalue weighted by atomic mass is 9.93. The highest BCUT2D eigenvalue weighted by molar-refractivity contribution is 7.91. The van der Waals surface area contributed by atoms with Crippen LogP contribution >= 0.6 is 0 Å². The van der Waals surface area contributed by atoms with E-state index in [4.69, 9.17) is 0 Å². The monoisotopic (exact) mass is 277 g/mol. The van der Waals surface area contributed by atoms with Crippen molar-refractivity contribution in [2.75, 3.05) is 11.5 Å². The van der Waals surface area contributed by atoms with Gasteiger partial charge in [0.15, 0.2) is 9.84 Å². The predicted molar refractivity (Wildman–Crippen MR) is 73.5 cm³/mol. The van der Waals surface area contributed by atoms with E-state index in [1.54, 1.807) is 6.20 Å². The van der Waals surface area contributed by atoms with E-state index in [1.165, 1.54) is 0 Å². The van der Waals surface area contributed by atoms with Crippen molar-refractivity contribution in [2.45, 2.75) is 12.5 Å². The molecule has 1 aromatic carbocycles. The Kier molecular flexibility index (Phi) is 3.03. The van der Waals surface area contributed by atoms with Gasteiger partial charge in [-0.15, -0.1) is 0 Å². The van der Waals surface area contributed by atoms with Crippen molar-refractivity contribution in [2.24, 2.45) is 5.92 Å². The van der Waals surface area contributed by atoms with Crippen molar-refractivity contribution < 1.29 is 13.5 Å². The molecule has 2 heterocycles. The lowest BCUT2D eigenvalue weighted by Crippen LogP contribution is -2.14. The van der Waals surface area contributed by atoms with E-state index in [0.717, 1.165) is 16.5 Å². The van der Waals surface area contributed by atoms with Crippen LogP contribution in [0.4, 0.5) is 0 Å². The molecule has 1 fully saturated rings. The van der Waals surface area contributed by atoms with Gasteiger partial charge >= 0.3 is 0 Å². The maximum atomic E-state index is 11.5. The summed E-state index contributed by atoms with van der Waals surface area (Å²) in [5.74, 6) is 0.0159. The third kappa shape index (κ3) is 2.35. The van der Waals surface area contributed by atoms with Crippen molar-refractivity contribution in [1.82, 2.24) is 4.98 Å². The molecule has 100 valence electrons. The van der Waals surface area contributed by atoms with Crippen LogP contribution in [-0.2, 0) is 9.84 Å². The fourth-order valence-electron chi connectivity index (χ4n) is 2.69. The Bertz CT molecular complexity index is 706. The maximum Gasteiger partial charge on any atom is 0.150 e. The van der Waals surface area contributed by atoms with Crippen LogP contribution in [0, 0.1) is 5.92 Å². The highest BCUT2D eigenvalue weighted by Crippen LogP contribution is 2.33. The minimum Gasteiger partial charge on any atom is -0.388 e. The number of sulfone groups is 1. The fraction of sp³-hybridized carbons (Fsp3) is 0.357. The largest absolute Gasteiger partial charge is 0.388 e. The van der Waals surface area contributed by atoms with E-state index >= 15 is 0 Å². The molecule has 4 nitrogen and oxygen atoms in total. The number of para-hydroxylation sites is 1. The van der Waals surface area contributed by atoms with Crippen molar-refractivity contribution >= 4 is 20.7 Å². The molecule has 1 N–H and O–H groups in total. The standard InChI is InChI=1S/C14H15NO3S/c16-14(11-6-8-19(17,18)9-11)12-5-1-3-10-4-2-7-15-13(10)12/h1-5,7,11,14,16H,6,8-9H2. The summed E-state index contributed by atoms with van der Waals surface area (Å²) in [4.78, 5) is 4.30. The number of pyridine rings is 1. The van der Waals surface area contributed by atoms with Gasteiger partial charge in [0, 0.05) is 23.1 Å². The van der Waals surface area contributed by atoms with E-state index in [-0.39, 0.29) is 17.4 Å². The van der Waals surface area contributed by atoms with Gasteiger partial charge in [0.25, 0.3) is 0 Å². The lowest BCUT2D eigenvalue weighted by molar-refractivity contribution is 0.122. The number of fused-ring (bicyclic) bond motifs is 1. The van der Waals surface area contributed by atoms with E-state index < -0.39 is 15.9 Å². The predicted octanol–water partition coefficient (Wildman–Crippen LogP) is 1.70. The summed E-state index contributed by atoms with van der Waals surface area (Å²) in [7, 11) is -2.98. The summed E-state index contributed by atoms with van der Waals surface area (Å²) >= 11 is 0. The zero-order valence-corrected chi connectivity index (χ0v) is 11.2. The molecule has 0 spiro atoms. The van der Waals surface area contributed by atoms with Crippen LogP contribution in [0.3, 0.4) is 0 Å². The first kappa shape index (κ1) is 12.6. The summed E-state index contributed by atoms with van der Waals surface area (Å²) < 4.78 is 23.0. The van der Waals surface area contributed by atoms with Crippen LogP contribution in [-0.4, -0.2) is 30.0 Å². The molecule has 2 aromatic rings. The van der Waals surface area contributed by atoms with Crippen molar-refractivity contribution in [3.63, 3.8) is 0 Å². The summed E-state index contributed by atoms with van der Waals surface area (Å²) in [6.07, 6.45) is 1.44. The number of benzene rings is 1. The van der Waals surface area contributed by atoms with Crippen LogP contribution in [0.25, 0.3) is 10.9 Å². The van der Waals surface area contributed by atoms with Gasteiger partial charge in [-0.2, -0.15) is 0 Å². The molecular weight excluding hydrogens is 262 g/mol. The number of hydrogen-bond donors (Lipinski definition) is 1. The Hall–Kier alpha value is -1.46. The van der Waals surface area contributed by atoms with Gasteiger partial charge in [-0.25, -0.2) is 8.42 Å². The molecule has 1 aliphatic rings. The van der Waals surface area contributed by atoms with Gasteiger partial charge in [0.05, 0.1) is 23.1 Å². The third-order valence-corrected chi connectivity index (χ3v) is 5.49. The van der Waals surface area contributed by atoms with Gasteiger partial charge < -0.3 is 5.11 Å². The van der Waals surface area contributed by atoms with E-state index in [2.05, 4.69) is 4.98 Å². The van der Waals surface area contributed by atoms with Gasteiger partial charge in [0.1, 0.15) is 0 Å². The van der Waals surface area contributed by atoms with Crippen LogP contribution in [0.5, 0.6) is 0 Å². The zero-order valence-electron chi connectivity index (χ0n) is 10.4. The molecule has 1 aliphatic heterocycles. The van der Waals surface area contributed by atoms with Crippen LogP contribution in [0.1, 0.15) is 18.1 Å². The minimum absolute atomic E-state index is 0.0669. The lowest BCUT2D eigenvalue weighted by Gasteiger charge is -2.18. The molecule has 0 bridgehead atoms. The van der Waals surface area contributed by atoms with E-state index in [1.807, 2.05) is 30.3 Å². The van der Waals surface area contributed by atoms with Crippen molar-refractivity contribution in [3.8, 4) is 0 Å². The van der Waals surface area contributed by atoms with Crippen LogP contribution in [0.15, 0.2) is 36.5 Å². The quantitative estimate of drug-likeness (QED) is 0.907. The smallest absolute Gasteiger partial charge is 0.150 e. The van der Waals surface area contributed by atoms with Gasteiger partial charge in [-0.1, -0.05) is 24.3 Å². The fourth-order valence-corrected chi connectivity index (χ4v) is 4.52. The molecule has 3 rings (SSSR count). The Morgan fingerprint density at radius 2 is 2.05 bits per heavy atom. The van der Waals surface area contributed by atoms with Gasteiger partial charge in [-0.3, -0.25) is 4.98 Å². The SMILES string of the molecule is O=S1(=O)CCC(C(O)c2cccc3cccnc23)C1. The average Bonchev–Trinajstić information content (AvgIpc) is 2.78. The van der Waals surface area contributed by atoms with Crippen LogP contribution < -0.4 is 0 Å². The zero-order chi connectivity index (χ0) is 13.5. The first-order valence-electron chi connectivity index (χ1n) is 6.29. The molecular formula is C14H15NO3S. The number of aliphatic hydroxyl groups excluding tert-OH is 1. The Labute approximate surface area is 112 Å². The first-order chi connectivity index (χ1) is 9.07. The van der Waals surface area contributed by atoms with Crippen LogP contribution in [0.2, 0.25) is 0 Å². The number of rotatable bonds is 2. The molecule has 5 heteroatoms. The number of aromatic nitrogens is 1. The molecule has 0 radical (unpaired) electrons. The summed E-state index contributed by atoms with van der Waals surface area (Å²) in [6, 6.07) is 9.41. The maximum absolute atomic E-state index is 11.5. The summed E-state index contributed by atoms with van der Waals surface area (Å²) in [6.45, 7) is 0. The summed E-state index contributed by atoms with van der Waals surface area (Å²) in [5, 5.41) is 11.4. The molecule has 2 unspecified atom stereocenters. The summed E-state index contributed by atoms with van der Waals surface area (Å²) in [5.41, 5.74) is 1.47. The van der Waals surface area contributed by atoms with Gasteiger partial charge in [-0.05, 0) is 12.5 Å². The highest BCUT2D eigenvalue weighted by Gasteiger charge is 2.34. The van der Waals surface area contributed by atoms with Gasteiger partial charge in [0.2, 0.25) is 0 Å². The Morgan fingerprint density at radius 1 is 1.26 bits per heavy atom. The highest BCUT2D eigenvalue weighted by atomic mass is 32.2. The second kappa shape index (κ2) is 4.58. The van der Waals surface area contributed by atoms with Crippen molar-refractivity contribution in [1.29, 1.82) is 0 Å². The average molecular weight is 277 g/mol. The number of hydrogen-bond acceptors (Lipinski definition) is 4. The third-order valence-electron chi connectivity index (χ3n) is 3.70.